The Hall–Kier alpha value is -2.29. The van der Waals surface area contributed by atoms with Gasteiger partial charge in [-0.1, -0.05) is 42.3 Å². The van der Waals surface area contributed by atoms with E-state index in [1.807, 2.05) is 13.8 Å². The van der Waals surface area contributed by atoms with Crippen molar-refractivity contribution in [3.8, 4) is 0 Å². The van der Waals surface area contributed by atoms with Crippen LogP contribution < -0.4 is 9.62 Å². The molecule has 186 valence electrons. The molecule has 34 heavy (non-hydrogen) atoms. The molecule has 0 radical (unpaired) electrons. The second-order valence-electron chi connectivity index (χ2n) is 8.08. The summed E-state index contributed by atoms with van der Waals surface area (Å²) in [6, 6.07) is 9.34. The third-order valence-electron chi connectivity index (χ3n) is 5.58. The summed E-state index contributed by atoms with van der Waals surface area (Å²) in [5.41, 5.74) is 2.76. The number of sulfonamides is 1. The van der Waals surface area contributed by atoms with Gasteiger partial charge in [0.05, 0.1) is 11.9 Å². The zero-order valence-electron chi connectivity index (χ0n) is 20.1. The van der Waals surface area contributed by atoms with E-state index in [1.165, 1.54) is 4.90 Å². The second kappa shape index (κ2) is 11.9. The highest BCUT2D eigenvalue weighted by molar-refractivity contribution is 7.92. The molecule has 0 aliphatic rings. The van der Waals surface area contributed by atoms with E-state index in [9.17, 15) is 18.0 Å². The molecule has 2 aromatic rings. The quantitative estimate of drug-likeness (QED) is 0.498. The molecule has 0 bridgehead atoms. The van der Waals surface area contributed by atoms with Gasteiger partial charge in [0.1, 0.15) is 12.6 Å². The Morgan fingerprint density at radius 3 is 2.15 bits per heavy atom. The fourth-order valence-electron chi connectivity index (χ4n) is 3.56. The van der Waals surface area contributed by atoms with Gasteiger partial charge in [0.2, 0.25) is 21.8 Å². The Bertz CT molecular complexity index is 1130. The van der Waals surface area contributed by atoms with E-state index in [1.54, 1.807) is 50.2 Å². The fourth-order valence-corrected chi connectivity index (χ4v) is 4.92. The topological polar surface area (TPSA) is 86.8 Å². The molecule has 0 unspecified atom stereocenters. The maximum Gasteiger partial charge on any atom is 0.244 e. The van der Waals surface area contributed by atoms with E-state index in [0.717, 1.165) is 21.7 Å². The number of carbonyl (C=O) groups is 2. The lowest BCUT2D eigenvalue weighted by atomic mass is 10.1. The number of aryl methyl sites for hydroxylation is 2. The molecule has 7 nitrogen and oxygen atoms in total. The number of anilines is 1. The Morgan fingerprint density at radius 2 is 1.65 bits per heavy atom. The maximum absolute atomic E-state index is 13.6. The van der Waals surface area contributed by atoms with Gasteiger partial charge in [0.15, 0.2) is 0 Å². The van der Waals surface area contributed by atoms with Crippen LogP contribution in [0.4, 0.5) is 5.69 Å². The van der Waals surface area contributed by atoms with Crippen molar-refractivity contribution in [1.82, 2.24) is 10.2 Å². The smallest absolute Gasteiger partial charge is 0.244 e. The van der Waals surface area contributed by atoms with Gasteiger partial charge in [0, 0.05) is 28.7 Å². The van der Waals surface area contributed by atoms with Crippen molar-refractivity contribution in [2.75, 3.05) is 23.7 Å². The van der Waals surface area contributed by atoms with Crippen molar-refractivity contribution in [2.45, 2.75) is 46.7 Å². The summed E-state index contributed by atoms with van der Waals surface area (Å²) < 4.78 is 26.4. The van der Waals surface area contributed by atoms with Gasteiger partial charge in [-0.25, -0.2) is 8.42 Å². The molecule has 10 heteroatoms. The molecule has 0 saturated carbocycles. The number of hydrogen-bond donors (Lipinski definition) is 1. The summed E-state index contributed by atoms with van der Waals surface area (Å²) in [4.78, 5) is 27.8. The van der Waals surface area contributed by atoms with Crippen LogP contribution in [-0.2, 0) is 26.2 Å². The largest absolute Gasteiger partial charge is 0.355 e. The molecule has 1 atom stereocenters. The van der Waals surface area contributed by atoms with Crippen LogP contribution in [0.25, 0.3) is 0 Å². The van der Waals surface area contributed by atoms with Gasteiger partial charge in [-0.3, -0.25) is 13.9 Å². The SMILES string of the molecule is CCNC(=O)[C@@H](CC)N(Cc1c(Cl)cccc1Cl)C(=O)CN(c1ccc(C)c(C)c1)S(C)(=O)=O. The van der Waals surface area contributed by atoms with Gasteiger partial charge in [-0.15, -0.1) is 0 Å². The van der Waals surface area contributed by atoms with E-state index in [4.69, 9.17) is 23.2 Å². The first-order chi connectivity index (χ1) is 15.9. The van der Waals surface area contributed by atoms with Crippen molar-refractivity contribution in [3.63, 3.8) is 0 Å². The first-order valence-electron chi connectivity index (χ1n) is 11.0. The maximum atomic E-state index is 13.6. The molecule has 0 aliphatic carbocycles. The predicted molar refractivity (Wildman–Crippen MR) is 138 cm³/mol. The molecule has 2 amide bonds. The first-order valence-corrected chi connectivity index (χ1v) is 13.6. The third-order valence-corrected chi connectivity index (χ3v) is 7.43. The molecule has 0 fully saturated rings. The molecule has 0 aliphatic heterocycles. The molecular formula is C24H31Cl2N3O4S. The average molecular weight is 529 g/mol. The minimum atomic E-state index is -3.80. The Morgan fingerprint density at radius 1 is 1.03 bits per heavy atom. The number of amides is 2. The van der Waals surface area contributed by atoms with Crippen LogP contribution in [0.15, 0.2) is 36.4 Å². The molecule has 0 aromatic heterocycles. The molecule has 1 N–H and O–H groups in total. The van der Waals surface area contributed by atoms with Gasteiger partial charge in [-0.05, 0) is 62.6 Å². The zero-order chi connectivity index (χ0) is 25.6. The monoisotopic (exact) mass is 527 g/mol. The Labute approximate surface area is 212 Å². The van der Waals surface area contributed by atoms with Crippen molar-refractivity contribution >= 4 is 50.7 Å². The van der Waals surface area contributed by atoms with Gasteiger partial charge >= 0.3 is 0 Å². The van der Waals surface area contributed by atoms with E-state index in [0.29, 0.717) is 34.3 Å². The van der Waals surface area contributed by atoms with Crippen LogP contribution in [0.1, 0.15) is 37.0 Å². The van der Waals surface area contributed by atoms with Crippen molar-refractivity contribution in [2.24, 2.45) is 0 Å². The highest BCUT2D eigenvalue weighted by Crippen LogP contribution is 2.28. The van der Waals surface area contributed by atoms with Gasteiger partial charge in [0.25, 0.3) is 0 Å². The van der Waals surface area contributed by atoms with Crippen LogP contribution in [0.5, 0.6) is 0 Å². The summed E-state index contributed by atoms with van der Waals surface area (Å²) in [6.45, 7) is 7.23. The van der Waals surface area contributed by atoms with E-state index in [-0.39, 0.29) is 12.5 Å². The number of nitrogens with one attached hydrogen (secondary N) is 1. The molecule has 2 rings (SSSR count). The number of carbonyl (C=O) groups excluding carboxylic acids is 2. The number of halogens is 2. The number of benzene rings is 2. The van der Waals surface area contributed by atoms with Crippen molar-refractivity contribution < 1.29 is 18.0 Å². The Balaban J connectivity index is 2.51. The lowest BCUT2D eigenvalue weighted by molar-refractivity contribution is -0.140. The van der Waals surface area contributed by atoms with Crippen LogP contribution in [0, 0.1) is 13.8 Å². The molecule has 2 aromatic carbocycles. The lowest BCUT2D eigenvalue weighted by Crippen LogP contribution is -2.52. The normalized spacial score (nSPS) is 12.2. The fraction of sp³-hybridized carbons (Fsp3) is 0.417. The van der Waals surface area contributed by atoms with Crippen LogP contribution >= 0.6 is 23.2 Å². The molecule has 0 heterocycles. The summed E-state index contributed by atoms with van der Waals surface area (Å²) in [6.07, 6.45) is 1.37. The summed E-state index contributed by atoms with van der Waals surface area (Å²) in [5.74, 6) is -0.878. The average Bonchev–Trinajstić information content (AvgIpc) is 2.75. The summed E-state index contributed by atoms with van der Waals surface area (Å²) >= 11 is 12.7. The first kappa shape index (κ1) is 28.0. The third kappa shape index (κ3) is 6.87. The standard InChI is InChI=1S/C24H31Cl2N3O4S/c1-6-22(24(31)27-7-2)28(14-19-20(25)9-8-10-21(19)26)23(30)15-29(34(5,32)33)18-12-11-16(3)17(4)13-18/h8-13,22H,6-7,14-15H2,1-5H3,(H,27,31)/t22-/m1/s1. The minimum absolute atomic E-state index is 0.0441. The van der Waals surface area contributed by atoms with E-state index >= 15 is 0 Å². The molecular weight excluding hydrogens is 497 g/mol. The number of nitrogens with zero attached hydrogens (tertiary/aromatic N) is 2. The highest BCUT2D eigenvalue weighted by Gasteiger charge is 2.32. The van der Waals surface area contributed by atoms with E-state index in [2.05, 4.69) is 5.32 Å². The van der Waals surface area contributed by atoms with Crippen LogP contribution in [0.2, 0.25) is 10.0 Å². The summed E-state index contributed by atoms with van der Waals surface area (Å²) in [5, 5.41) is 3.45. The van der Waals surface area contributed by atoms with Crippen molar-refractivity contribution in [1.29, 1.82) is 0 Å². The second-order valence-corrected chi connectivity index (χ2v) is 10.8. The van der Waals surface area contributed by atoms with E-state index < -0.39 is 28.5 Å². The Kier molecular flexibility index (Phi) is 9.79. The molecule has 0 spiro atoms. The van der Waals surface area contributed by atoms with Gasteiger partial charge in [-0.2, -0.15) is 0 Å². The number of likely N-dealkylation sites (N-methyl/N-ethyl adjacent to an activating group) is 1. The number of hydrogen-bond acceptors (Lipinski definition) is 4. The lowest BCUT2D eigenvalue weighted by Gasteiger charge is -2.33. The minimum Gasteiger partial charge on any atom is -0.355 e. The van der Waals surface area contributed by atoms with Crippen molar-refractivity contribution in [3.05, 3.63) is 63.1 Å². The van der Waals surface area contributed by atoms with Crippen LogP contribution in [-0.4, -0.2) is 50.5 Å². The summed E-state index contributed by atoms with van der Waals surface area (Å²) in [7, 11) is -3.80. The number of rotatable bonds is 10. The van der Waals surface area contributed by atoms with Crippen LogP contribution in [0.3, 0.4) is 0 Å². The predicted octanol–water partition coefficient (Wildman–Crippen LogP) is 4.32. The zero-order valence-corrected chi connectivity index (χ0v) is 22.4. The molecule has 0 saturated heterocycles. The highest BCUT2D eigenvalue weighted by atomic mass is 35.5. The van der Waals surface area contributed by atoms with Gasteiger partial charge < -0.3 is 10.2 Å².